The van der Waals surface area contributed by atoms with Crippen molar-refractivity contribution in [1.29, 1.82) is 0 Å². The van der Waals surface area contributed by atoms with Crippen LogP contribution in [0, 0.1) is 0 Å². The number of benzene rings is 1. The zero-order valence-electron chi connectivity index (χ0n) is 12.7. The van der Waals surface area contributed by atoms with E-state index in [0.717, 1.165) is 13.1 Å². The van der Waals surface area contributed by atoms with Gasteiger partial charge in [-0.15, -0.1) is 0 Å². The van der Waals surface area contributed by atoms with Gasteiger partial charge in [0, 0.05) is 29.6 Å². The van der Waals surface area contributed by atoms with Crippen LogP contribution in [0.25, 0.3) is 0 Å². The zero-order valence-corrected chi connectivity index (χ0v) is 13.5. The summed E-state index contributed by atoms with van der Waals surface area (Å²) in [5.74, 6) is 1.27. The topological polar surface area (TPSA) is 15.3 Å². The third-order valence-electron chi connectivity index (χ3n) is 4.59. The molecule has 20 heavy (non-hydrogen) atoms. The summed E-state index contributed by atoms with van der Waals surface area (Å²) in [5, 5.41) is 3.72. The molecule has 0 radical (unpaired) electrons. The Morgan fingerprint density at radius 2 is 2.15 bits per heavy atom. The van der Waals surface area contributed by atoms with Gasteiger partial charge in [0.25, 0.3) is 0 Å². The summed E-state index contributed by atoms with van der Waals surface area (Å²) in [6.45, 7) is 9.52. The molecule has 3 heteroatoms. The van der Waals surface area contributed by atoms with E-state index < -0.39 is 0 Å². The molecule has 2 heterocycles. The highest BCUT2D eigenvalue weighted by Crippen LogP contribution is 2.31. The SMILES string of the molecule is CC1(C)CCN(CC2NCCc3ccccc32)CCS1. The average Bonchev–Trinajstić information content (AvgIpc) is 2.61. The van der Waals surface area contributed by atoms with Gasteiger partial charge in [-0.2, -0.15) is 11.8 Å². The molecule has 0 aromatic heterocycles. The molecule has 1 fully saturated rings. The molecule has 1 aromatic rings. The lowest BCUT2D eigenvalue weighted by molar-refractivity contribution is 0.248. The van der Waals surface area contributed by atoms with E-state index in [1.54, 1.807) is 5.56 Å². The van der Waals surface area contributed by atoms with Gasteiger partial charge in [0.2, 0.25) is 0 Å². The van der Waals surface area contributed by atoms with Crippen molar-refractivity contribution in [3.63, 3.8) is 0 Å². The first-order chi connectivity index (χ1) is 9.64. The van der Waals surface area contributed by atoms with Crippen molar-refractivity contribution in [1.82, 2.24) is 10.2 Å². The van der Waals surface area contributed by atoms with Gasteiger partial charge in [0.05, 0.1) is 0 Å². The van der Waals surface area contributed by atoms with Crippen molar-refractivity contribution in [2.24, 2.45) is 0 Å². The number of fused-ring (bicyclic) bond motifs is 1. The first-order valence-electron chi connectivity index (χ1n) is 7.82. The molecule has 1 saturated heterocycles. The van der Waals surface area contributed by atoms with Crippen LogP contribution in [0.2, 0.25) is 0 Å². The van der Waals surface area contributed by atoms with Gasteiger partial charge in [-0.25, -0.2) is 0 Å². The molecule has 0 bridgehead atoms. The normalized spacial score (nSPS) is 26.8. The summed E-state index contributed by atoms with van der Waals surface area (Å²) >= 11 is 2.13. The second-order valence-electron chi connectivity index (χ2n) is 6.61. The van der Waals surface area contributed by atoms with Gasteiger partial charge in [0.15, 0.2) is 0 Å². The van der Waals surface area contributed by atoms with Crippen LogP contribution in [-0.4, -0.2) is 41.6 Å². The summed E-state index contributed by atoms with van der Waals surface area (Å²) in [4.78, 5) is 2.65. The van der Waals surface area contributed by atoms with Crippen molar-refractivity contribution in [2.45, 2.75) is 37.5 Å². The lowest BCUT2D eigenvalue weighted by Crippen LogP contribution is -2.40. The first kappa shape index (κ1) is 14.4. The van der Waals surface area contributed by atoms with Crippen molar-refractivity contribution in [2.75, 3.05) is 31.9 Å². The van der Waals surface area contributed by atoms with E-state index in [0.29, 0.717) is 10.8 Å². The van der Waals surface area contributed by atoms with Gasteiger partial charge in [0.1, 0.15) is 0 Å². The van der Waals surface area contributed by atoms with Gasteiger partial charge in [-0.3, -0.25) is 0 Å². The predicted molar refractivity (Wildman–Crippen MR) is 88.5 cm³/mol. The van der Waals surface area contributed by atoms with E-state index in [-0.39, 0.29) is 0 Å². The number of hydrogen-bond acceptors (Lipinski definition) is 3. The van der Waals surface area contributed by atoms with Crippen molar-refractivity contribution >= 4 is 11.8 Å². The Morgan fingerprint density at radius 3 is 3.05 bits per heavy atom. The van der Waals surface area contributed by atoms with Crippen LogP contribution in [0.15, 0.2) is 24.3 Å². The van der Waals surface area contributed by atoms with Gasteiger partial charge in [-0.1, -0.05) is 38.1 Å². The predicted octanol–water partition coefficient (Wildman–Crippen LogP) is 3.09. The lowest BCUT2D eigenvalue weighted by atomic mass is 9.94. The molecule has 0 spiro atoms. The fraction of sp³-hybridized carbons (Fsp3) is 0.647. The first-order valence-corrected chi connectivity index (χ1v) is 8.80. The van der Waals surface area contributed by atoms with Crippen LogP contribution >= 0.6 is 11.8 Å². The van der Waals surface area contributed by atoms with E-state index in [9.17, 15) is 0 Å². The maximum Gasteiger partial charge on any atom is 0.0452 e. The molecule has 2 nitrogen and oxygen atoms in total. The standard InChI is InChI=1S/C17H26N2S/c1-17(2)8-10-19(11-12-20-17)13-16-15-6-4-3-5-14(15)7-9-18-16/h3-6,16,18H,7-13H2,1-2H3. The van der Waals surface area contributed by atoms with Crippen LogP contribution in [0.3, 0.4) is 0 Å². The van der Waals surface area contributed by atoms with Crippen LogP contribution < -0.4 is 5.32 Å². The minimum atomic E-state index is 0.451. The Bertz CT molecular complexity index is 458. The number of thioether (sulfide) groups is 1. The molecule has 2 aliphatic heterocycles. The molecule has 3 rings (SSSR count). The zero-order chi connectivity index (χ0) is 14.0. The summed E-state index contributed by atoms with van der Waals surface area (Å²) in [6.07, 6.45) is 2.47. The van der Waals surface area contributed by atoms with E-state index in [4.69, 9.17) is 0 Å². The second kappa shape index (κ2) is 6.08. The van der Waals surface area contributed by atoms with Gasteiger partial charge >= 0.3 is 0 Å². The van der Waals surface area contributed by atoms with Crippen LogP contribution in [-0.2, 0) is 6.42 Å². The molecule has 1 aromatic carbocycles. The molecule has 1 atom stereocenters. The fourth-order valence-corrected chi connectivity index (χ4v) is 4.40. The number of hydrogen-bond donors (Lipinski definition) is 1. The number of rotatable bonds is 2. The Labute approximate surface area is 127 Å². The highest BCUT2D eigenvalue weighted by molar-refractivity contribution is 8.00. The van der Waals surface area contributed by atoms with Gasteiger partial charge in [-0.05, 0) is 37.1 Å². The molecular weight excluding hydrogens is 264 g/mol. The van der Waals surface area contributed by atoms with Crippen molar-refractivity contribution < 1.29 is 0 Å². The largest absolute Gasteiger partial charge is 0.309 e. The van der Waals surface area contributed by atoms with Crippen molar-refractivity contribution in [3.05, 3.63) is 35.4 Å². The Kier molecular flexibility index (Phi) is 4.39. The summed E-state index contributed by atoms with van der Waals surface area (Å²) in [7, 11) is 0. The second-order valence-corrected chi connectivity index (χ2v) is 8.42. The third kappa shape index (κ3) is 3.38. The monoisotopic (exact) mass is 290 g/mol. The molecule has 1 unspecified atom stereocenters. The smallest absolute Gasteiger partial charge is 0.0452 e. The lowest BCUT2D eigenvalue weighted by Gasteiger charge is -2.32. The minimum Gasteiger partial charge on any atom is -0.309 e. The van der Waals surface area contributed by atoms with Crippen molar-refractivity contribution in [3.8, 4) is 0 Å². The highest BCUT2D eigenvalue weighted by Gasteiger charge is 2.26. The Balaban J connectivity index is 1.67. The van der Waals surface area contributed by atoms with Crippen LogP contribution in [0.4, 0.5) is 0 Å². The van der Waals surface area contributed by atoms with Crippen LogP contribution in [0.1, 0.15) is 37.4 Å². The molecule has 0 amide bonds. The molecule has 0 aliphatic carbocycles. The van der Waals surface area contributed by atoms with Gasteiger partial charge < -0.3 is 10.2 Å². The molecule has 2 aliphatic rings. The van der Waals surface area contributed by atoms with E-state index in [2.05, 4.69) is 60.1 Å². The van der Waals surface area contributed by atoms with E-state index >= 15 is 0 Å². The summed E-state index contributed by atoms with van der Waals surface area (Å²) in [5.41, 5.74) is 3.07. The minimum absolute atomic E-state index is 0.451. The molecule has 1 N–H and O–H groups in total. The highest BCUT2D eigenvalue weighted by atomic mass is 32.2. The molecular formula is C17H26N2S. The van der Waals surface area contributed by atoms with E-state index in [1.165, 1.54) is 37.2 Å². The Morgan fingerprint density at radius 1 is 1.30 bits per heavy atom. The molecule has 0 saturated carbocycles. The summed E-state index contributed by atoms with van der Waals surface area (Å²) < 4.78 is 0.451. The Hall–Kier alpha value is -0.510. The maximum atomic E-state index is 3.72. The third-order valence-corrected chi connectivity index (χ3v) is 5.96. The number of nitrogens with zero attached hydrogens (tertiary/aromatic N) is 1. The quantitative estimate of drug-likeness (QED) is 0.901. The summed E-state index contributed by atoms with van der Waals surface area (Å²) in [6, 6.07) is 9.48. The number of nitrogens with one attached hydrogen (secondary N) is 1. The molecule has 110 valence electrons. The van der Waals surface area contributed by atoms with E-state index in [1.807, 2.05) is 0 Å². The average molecular weight is 290 g/mol. The van der Waals surface area contributed by atoms with Crippen LogP contribution in [0.5, 0.6) is 0 Å². The maximum absolute atomic E-state index is 3.72. The fourth-order valence-electron chi connectivity index (χ4n) is 3.26.